The van der Waals surface area contributed by atoms with Crippen LogP contribution in [0.2, 0.25) is 0 Å². The SMILES string of the molecule is Cc1cccc(C)c1CNC1CC2CCC1O2. The van der Waals surface area contributed by atoms with Gasteiger partial charge in [0, 0.05) is 12.6 Å². The van der Waals surface area contributed by atoms with Crippen LogP contribution in [0.3, 0.4) is 0 Å². The number of ether oxygens (including phenoxy) is 1. The van der Waals surface area contributed by atoms with Gasteiger partial charge in [-0.15, -0.1) is 0 Å². The molecular weight excluding hydrogens is 210 g/mol. The van der Waals surface area contributed by atoms with Gasteiger partial charge in [0.25, 0.3) is 0 Å². The number of hydrogen-bond acceptors (Lipinski definition) is 2. The van der Waals surface area contributed by atoms with Crippen molar-refractivity contribution in [3.8, 4) is 0 Å². The van der Waals surface area contributed by atoms with E-state index in [-0.39, 0.29) is 0 Å². The minimum absolute atomic E-state index is 0.476. The molecule has 0 radical (unpaired) electrons. The summed E-state index contributed by atoms with van der Waals surface area (Å²) in [6.45, 7) is 5.37. The lowest BCUT2D eigenvalue weighted by molar-refractivity contribution is 0.0972. The van der Waals surface area contributed by atoms with Crippen molar-refractivity contribution >= 4 is 0 Å². The molecule has 2 saturated heterocycles. The average Bonchev–Trinajstić information content (AvgIpc) is 2.90. The van der Waals surface area contributed by atoms with Gasteiger partial charge in [0.1, 0.15) is 0 Å². The average molecular weight is 231 g/mol. The Morgan fingerprint density at radius 2 is 2.00 bits per heavy atom. The van der Waals surface area contributed by atoms with Gasteiger partial charge in [-0.05, 0) is 49.8 Å². The van der Waals surface area contributed by atoms with Crippen LogP contribution >= 0.6 is 0 Å². The fraction of sp³-hybridized carbons (Fsp3) is 0.600. The molecule has 3 atom stereocenters. The van der Waals surface area contributed by atoms with E-state index in [2.05, 4.69) is 37.4 Å². The number of aryl methyl sites for hydroxylation is 2. The zero-order chi connectivity index (χ0) is 11.8. The number of fused-ring (bicyclic) bond motifs is 2. The van der Waals surface area contributed by atoms with E-state index in [0.717, 1.165) is 6.54 Å². The molecule has 0 amide bonds. The lowest BCUT2D eigenvalue weighted by Crippen LogP contribution is -2.37. The first-order valence-corrected chi connectivity index (χ1v) is 6.68. The number of rotatable bonds is 3. The van der Waals surface area contributed by atoms with Gasteiger partial charge in [0.05, 0.1) is 12.2 Å². The topological polar surface area (TPSA) is 21.3 Å². The molecule has 2 aliphatic heterocycles. The van der Waals surface area contributed by atoms with Crippen molar-refractivity contribution < 1.29 is 4.74 Å². The van der Waals surface area contributed by atoms with Crippen molar-refractivity contribution in [1.29, 1.82) is 0 Å². The third kappa shape index (κ3) is 2.12. The second kappa shape index (κ2) is 4.43. The predicted octanol–water partition coefficient (Wildman–Crippen LogP) is 2.71. The lowest BCUT2D eigenvalue weighted by Gasteiger charge is -2.21. The minimum Gasteiger partial charge on any atom is -0.373 e. The Morgan fingerprint density at radius 3 is 2.59 bits per heavy atom. The quantitative estimate of drug-likeness (QED) is 0.863. The summed E-state index contributed by atoms with van der Waals surface area (Å²) in [5, 5.41) is 3.69. The molecule has 1 aromatic rings. The molecule has 3 rings (SSSR count). The molecule has 2 bridgehead atoms. The van der Waals surface area contributed by atoms with Crippen LogP contribution in [0.15, 0.2) is 18.2 Å². The van der Waals surface area contributed by atoms with Crippen molar-refractivity contribution in [3.63, 3.8) is 0 Å². The zero-order valence-electron chi connectivity index (χ0n) is 10.7. The summed E-state index contributed by atoms with van der Waals surface area (Å²) >= 11 is 0. The minimum atomic E-state index is 0.476. The molecule has 92 valence electrons. The summed E-state index contributed by atoms with van der Waals surface area (Å²) < 4.78 is 5.87. The second-order valence-corrected chi connectivity index (χ2v) is 5.47. The maximum Gasteiger partial charge on any atom is 0.0733 e. The van der Waals surface area contributed by atoms with Gasteiger partial charge in [-0.2, -0.15) is 0 Å². The molecule has 1 aromatic carbocycles. The smallest absolute Gasteiger partial charge is 0.0733 e. The third-order valence-corrected chi connectivity index (χ3v) is 4.29. The maximum absolute atomic E-state index is 5.87. The van der Waals surface area contributed by atoms with Gasteiger partial charge in [-0.3, -0.25) is 0 Å². The van der Waals surface area contributed by atoms with Crippen LogP contribution in [0.25, 0.3) is 0 Å². The summed E-state index contributed by atoms with van der Waals surface area (Å²) in [5.74, 6) is 0. The number of hydrogen-bond donors (Lipinski definition) is 1. The Morgan fingerprint density at radius 1 is 1.24 bits per heavy atom. The van der Waals surface area contributed by atoms with Gasteiger partial charge in [0.2, 0.25) is 0 Å². The maximum atomic E-state index is 5.87. The van der Waals surface area contributed by atoms with Gasteiger partial charge >= 0.3 is 0 Å². The third-order valence-electron chi connectivity index (χ3n) is 4.29. The highest BCUT2D eigenvalue weighted by Crippen LogP contribution is 2.34. The van der Waals surface area contributed by atoms with Crippen LogP contribution in [0, 0.1) is 13.8 Å². The Labute approximate surface area is 103 Å². The monoisotopic (exact) mass is 231 g/mol. The molecule has 0 saturated carbocycles. The molecule has 2 heteroatoms. The molecule has 3 unspecified atom stereocenters. The van der Waals surface area contributed by atoms with Crippen molar-refractivity contribution in [3.05, 3.63) is 34.9 Å². The van der Waals surface area contributed by atoms with E-state index < -0.39 is 0 Å². The summed E-state index contributed by atoms with van der Waals surface area (Å²) in [5.41, 5.74) is 4.23. The van der Waals surface area contributed by atoms with E-state index in [0.29, 0.717) is 18.2 Å². The lowest BCUT2D eigenvalue weighted by atomic mass is 9.95. The van der Waals surface area contributed by atoms with Crippen LogP contribution in [0.4, 0.5) is 0 Å². The summed E-state index contributed by atoms with van der Waals surface area (Å²) in [4.78, 5) is 0. The molecular formula is C15H21NO. The highest BCUT2D eigenvalue weighted by atomic mass is 16.5. The molecule has 0 aliphatic carbocycles. The molecule has 2 heterocycles. The highest BCUT2D eigenvalue weighted by molar-refractivity contribution is 5.33. The van der Waals surface area contributed by atoms with E-state index in [1.807, 2.05) is 0 Å². The van der Waals surface area contributed by atoms with Crippen LogP contribution < -0.4 is 5.32 Å². The van der Waals surface area contributed by atoms with E-state index >= 15 is 0 Å². The van der Waals surface area contributed by atoms with Crippen molar-refractivity contribution in [2.24, 2.45) is 0 Å². The van der Waals surface area contributed by atoms with Crippen molar-refractivity contribution in [2.75, 3.05) is 0 Å². The Balaban J connectivity index is 1.64. The van der Waals surface area contributed by atoms with Gasteiger partial charge in [-0.1, -0.05) is 18.2 Å². The standard InChI is InChI=1S/C15H21NO/c1-10-4-3-5-11(2)13(10)9-16-14-8-12-6-7-15(14)17-12/h3-5,12,14-16H,6-9H2,1-2H3. The van der Waals surface area contributed by atoms with Gasteiger partial charge in [-0.25, -0.2) is 0 Å². The number of nitrogens with one attached hydrogen (secondary N) is 1. The Kier molecular flexibility index (Phi) is 2.93. The molecule has 0 spiro atoms. The van der Waals surface area contributed by atoms with Crippen LogP contribution in [0.5, 0.6) is 0 Å². The first-order valence-electron chi connectivity index (χ1n) is 6.68. The zero-order valence-corrected chi connectivity index (χ0v) is 10.7. The largest absolute Gasteiger partial charge is 0.373 e. The Hall–Kier alpha value is -0.860. The van der Waals surface area contributed by atoms with E-state index in [4.69, 9.17) is 4.74 Å². The van der Waals surface area contributed by atoms with E-state index in [9.17, 15) is 0 Å². The summed E-state index contributed by atoms with van der Waals surface area (Å²) in [7, 11) is 0. The molecule has 1 N–H and O–H groups in total. The van der Waals surface area contributed by atoms with Gasteiger partial charge < -0.3 is 10.1 Å². The van der Waals surface area contributed by atoms with Crippen LogP contribution in [-0.2, 0) is 11.3 Å². The fourth-order valence-electron chi connectivity index (χ4n) is 3.21. The second-order valence-electron chi connectivity index (χ2n) is 5.47. The van der Waals surface area contributed by atoms with E-state index in [1.54, 1.807) is 0 Å². The molecule has 0 aromatic heterocycles. The Bertz CT molecular complexity index is 395. The fourth-order valence-corrected chi connectivity index (χ4v) is 3.21. The van der Waals surface area contributed by atoms with E-state index in [1.165, 1.54) is 36.0 Å². The summed E-state index contributed by atoms with van der Waals surface area (Å²) in [6, 6.07) is 7.10. The molecule has 2 nitrogen and oxygen atoms in total. The first-order chi connectivity index (χ1) is 8.24. The van der Waals surface area contributed by atoms with Crippen LogP contribution in [-0.4, -0.2) is 18.2 Å². The highest BCUT2D eigenvalue weighted by Gasteiger charge is 2.40. The first kappa shape index (κ1) is 11.2. The number of benzene rings is 1. The molecule has 17 heavy (non-hydrogen) atoms. The summed E-state index contributed by atoms with van der Waals surface area (Å²) in [6.07, 6.45) is 4.73. The van der Waals surface area contributed by atoms with Crippen LogP contribution in [0.1, 0.15) is 36.0 Å². The molecule has 2 aliphatic rings. The van der Waals surface area contributed by atoms with Crippen molar-refractivity contribution in [2.45, 2.75) is 57.9 Å². The predicted molar refractivity (Wildman–Crippen MR) is 69.1 cm³/mol. The van der Waals surface area contributed by atoms with Crippen molar-refractivity contribution in [1.82, 2.24) is 5.32 Å². The molecule has 2 fully saturated rings. The van der Waals surface area contributed by atoms with Gasteiger partial charge in [0.15, 0.2) is 0 Å². The normalized spacial score (nSPS) is 31.1.